The third-order valence-electron chi connectivity index (χ3n) is 6.22. The van der Waals surface area contributed by atoms with Gasteiger partial charge in [0.2, 0.25) is 0 Å². The van der Waals surface area contributed by atoms with E-state index in [0.717, 1.165) is 17.8 Å². The monoisotopic (exact) mass is 380 g/mol. The molecule has 148 valence electrons. The van der Waals surface area contributed by atoms with E-state index >= 15 is 0 Å². The van der Waals surface area contributed by atoms with Crippen LogP contribution in [0.25, 0.3) is 0 Å². The number of aliphatic hydroxyl groups excluding tert-OH is 1. The molecule has 0 spiro atoms. The van der Waals surface area contributed by atoms with Crippen LogP contribution < -0.4 is 10.6 Å². The van der Waals surface area contributed by atoms with Gasteiger partial charge in [0.05, 0.1) is 5.69 Å². The number of hydrogen-bond donors (Lipinski definition) is 2. The summed E-state index contributed by atoms with van der Waals surface area (Å²) < 4.78 is 0. The zero-order valence-corrected chi connectivity index (χ0v) is 16.4. The summed E-state index contributed by atoms with van der Waals surface area (Å²) in [6.45, 7) is 2.70. The van der Waals surface area contributed by atoms with Gasteiger partial charge in [-0.2, -0.15) is 0 Å². The van der Waals surface area contributed by atoms with E-state index in [1.54, 1.807) is 11.8 Å². The molecule has 2 aliphatic rings. The number of nitrogens with zero attached hydrogens (tertiary/aromatic N) is 3. The largest absolute Gasteiger partial charge is 0.396 e. The lowest BCUT2D eigenvalue weighted by Crippen LogP contribution is -2.39. The van der Waals surface area contributed by atoms with Crippen LogP contribution in [0.1, 0.15) is 65.5 Å². The summed E-state index contributed by atoms with van der Waals surface area (Å²) >= 11 is 0. The van der Waals surface area contributed by atoms with E-state index in [0.29, 0.717) is 42.8 Å². The smallest absolute Gasteiger partial charge is 0.263 e. The van der Waals surface area contributed by atoms with Crippen molar-refractivity contribution in [1.29, 1.82) is 0 Å². The topological polar surface area (TPSA) is 92.3 Å². The maximum atomic E-state index is 13.0. The molecule has 1 aliphatic carbocycles. The standard InChI is InChI=1S/C22H28N4O2/c1-14-24-19-10-12-26(22(28)20(19)21(23)25-14)18-8-6-17(7-9-18)16-4-2-15(3-5-16)11-13-27/h6-9,15-16,27H,2-5,10-13H2,1H3,(H2,23,24,25). The van der Waals surface area contributed by atoms with Gasteiger partial charge in [0, 0.05) is 25.3 Å². The Morgan fingerprint density at radius 3 is 2.54 bits per heavy atom. The Hall–Kier alpha value is -2.47. The minimum absolute atomic E-state index is 0.115. The molecule has 1 amide bonds. The highest BCUT2D eigenvalue weighted by Gasteiger charge is 2.30. The molecule has 0 unspecified atom stereocenters. The zero-order valence-electron chi connectivity index (χ0n) is 16.4. The van der Waals surface area contributed by atoms with Gasteiger partial charge in [0.25, 0.3) is 5.91 Å². The summed E-state index contributed by atoms with van der Waals surface area (Å²) in [6, 6.07) is 8.40. The van der Waals surface area contributed by atoms with Crippen molar-refractivity contribution < 1.29 is 9.90 Å². The summed E-state index contributed by atoms with van der Waals surface area (Å²) in [5.41, 5.74) is 9.45. The van der Waals surface area contributed by atoms with Gasteiger partial charge in [-0.05, 0) is 68.6 Å². The van der Waals surface area contributed by atoms with Crippen LogP contribution in [0.2, 0.25) is 0 Å². The molecular formula is C22H28N4O2. The average molecular weight is 380 g/mol. The number of nitrogen functional groups attached to an aromatic ring is 1. The SMILES string of the molecule is Cc1nc(N)c2c(n1)CCN(c1ccc(C3CCC(CCO)CC3)cc1)C2=O. The van der Waals surface area contributed by atoms with Crippen LogP contribution in [0.4, 0.5) is 11.5 Å². The zero-order chi connectivity index (χ0) is 19.7. The van der Waals surface area contributed by atoms with Crippen molar-refractivity contribution >= 4 is 17.4 Å². The maximum Gasteiger partial charge on any atom is 0.263 e. The van der Waals surface area contributed by atoms with Crippen molar-refractivity contribution in [1.82, 2.24) is 9.97 Å². The van der Waals surface area contributed by atoms with Crippen LogP contribution in [-0.4, -0.2) is 34.1 Å². The first kappa shape index (κ1) is 18.9. The van der Waals surface area contributed by atoms with Crippen molar-refractivity contribution in [3.63, 3.8) is 0 Å². The fourth-order valence-electron chi connectivity index (χ4n) is 4.66. The fraction of sp³-hybridized carbons (Fsp3) is 0.500. The van der Waals surface area contributed by atoms with E-state index in [-0.39, 0.29) is 11.7 Å². The Balaban J connectivity index is 1.48. The van der Waals surface area contributed by atoms with Gasteiger partial charge in [-0.1, -0.05) is 12.1 Å². The number of benzene rings is 1. The van der Waals surface area contributed by atoms with Crippen LogP contribution in [0.3, 0.4) is 0 Å². The van der Waals surface area contributed by atoms with Crippen molar-refractivity contribution in [3.05, 3.63) is 46.9 Å². The number of aromatic nitrogens is 2. The molecule has 2 heterocycles. The number of rotatable bonds is 4. The quantitative estimate of drug-likeness (QED) is 0.850. The Morgan fingerprint density at radius 2 is 1.86 bits per heavy atom. The number of aryl methyl sites for hydroxylation is 1. The Labute approximate surface area is 165 Å². The first-order valence-corrected chi connectivity index (χ1v) is 10.2. The van der Waals surface area contributed by atoms with E-state index in [1.807, 2.05) is 12.1 Å². The van der Waals surface area contributed by atoms with Gasteiger partial charge in [-0.25, -0.2) is 9.97 Å². The van der Waals surface area contributed by atoms with Crippen LogP contribution in [0.5, 0.6) is 0 Å². The number of carbonyl (C=O) groups is 1. The summed E-state index contributed by atoms with van der Waals surface area (Å²) in [5, 5.41) is 9.12. The Kier molecular flexibility index (Phi) is 5.31. The van der Waals surface area contributed by atoms with Gasteiger partial charge in [-0.15, -0.1) is 0 Å². The second-order valence-electron chi connectivity index (χ2n) is 8.01. The van der Waals surface area contributed by atoms with Crippen LogP contribution in [0.15, 0.2) is 24.3 Å². The molecule has 0 saturated heterocycles. The average Bonchev–Trinajstić information content (AvgIpc) is 2.69. The molecule has 0 bridgehead atoms. The minimum atomic E-state index is -0.115. The van der Waals surface area contributed by atoms with E-state index in [9.17, 15) is 4.79 Å². The van der Waals surface area contributed by atoms with E-state index in [1.165, 1.54) is 31.2 Å². The molecule has 0 atom stereocenters. The molecular weight excluding hydrogens is 352 g/mol. The number of anilines is 2. The number of amides is 1. The molecule has 6 nitrogen and oxygen atoms in total. The third-order valence-corrected chi connectivity index (χ3v) is 6.22. The highest BCUT2D eigenvalue weighted by molar-refractivity contribution is 6.10. The summed E-state index contributed by atoms with van der Waals surface area (Å²) in [7, 11) is 0. The normalized spacial score (nSPS) is 22.2. The maximum absolute atomic E-state index is 13.0. The van der Waals surface area contributed by atoms with E-state index < -0.39 is 0 Å². The number of nitrogens with two attached hydrogens (primary N) is 1. The molecule has 0 radical (unpaired) electrons. The second kappa shape index (κ2) is 7.87. The Bertz CT molecular complexity index is 858. The van der Waals surface area contributed by atoms with E-state index in [4.69, 9.17) is 10.8 Å². The molecule has 1 aliphatic heterocycles. The first-order valence-electron chi connectivity index (χ1n) is 10.2. The lowest BCUT2D eigenvalue weighted by Gasteiger charge is -2.30. The van der Waals surface area contributed by atoms with Crippen LogP contribution >= 0.6 is 0 Å². The van der Waals surface area contributed by atoms with Gasteiger partial charge >= 0.3 is 0 Å². The van der Waals surface area contributed by atoms with Gasteiger partial charge in [0.1, 0.15) is 17.2 Å². The molecule has 1 saturated carbocycles. The van der Waals surface area contributed by atoms with Gasteiger partial charge < -0.3 is 15.7 Å². The number of fused-ring (bicyclic) bond motifs is 1. The molecule has 3 N–H and O–H groups in total. The molecule has 6 heteroatoms. The first-order chi connectivity index (χ1) is 13.6. The lowest BCUT2D eigenvalue weighted by atomic mass is 9.77. The molecule has 1 aromatic heterocycles. The van der Waals surface area contributed by atoms with Crippen LogP contribution in [-0.2, 0) is 6.42 Å². The summed E-state index contributed by atoms with van der Waals surface area (Å²) in [4.78, 5) is 23.3. The number of hydrogen-bond acceptors (Lipinski definition) is 5. The molecule has 1 aromatic carbocycles. The van der Waals surface area contributed by atoms with Crippen LogP contribution in [0, 0.1) is 12.8 Å². The predicted octanol–water partition coefficient (Wildman–Crippen LogP) is 3.23. The van der Waals surface area contributed by atoms with Crippen molar-refractivity contribution in [2.75, 3.05) is 23.8 Å². The minimum Gasteiger partial charge on any atom is -0.396 e. The predicted molar refractivity (Wildman–Crippen MR) is 109 cm³/mol. The molecule has 28 heavy (non-hydrogen) atoms. The van der Waals surface area contributed by atoms with Crippen molar-refractivity contribution in [2.24, 2.45) is 5.92 Å². The van der Waals surface area contributed by atoms with Crippen molar-refractivity contribution in [3.8, 4) is 0 Å². The third kappa shape index (κ3) is 3.61. The fourth-order valence-corrected chi connectivity index (χ4v) is 4.66. The summed E-state index contributed by atoms with van der Waals surface area (Å²) in [6.07, 6.45) is 6.34. The highest BCUT2D eigenvalue weighted by Crippen LogP contribution is 2.37. The van der Waals surface area contributed by atoms with Gasteiger partial charge in [-0.3, -0.25) is 4.79 Å². The molecule has 4 rings (SSSR count). The summed E-state index contributed by atoms with van der Waals surface area (Å²) in [5.74, 6) is 2.01. The van der Waals surface area contributed by atoms with Crippen molar-refractivity contribution in [2.45, 2.75) is 51.4 Å². The Morgan fingerprint density at radius 1 is 1.14 bits per heavy atom. The molecule has 1 fully saturated rings. The second-order valence-corrected chi connectivity index (χ2v) is 8.01. The van der Waals surface area contributed by atoms with E-state index in [2.05, 4.69) is 22.1 Å². The number of carbonyl (C=O) groups excluding carboxylic acids is 1. The molecule has 2 aromatic rings. The van der Waals surface area contributed by atoms with Gasteiger partial charge in [0.15, 0.2) is 0 Å². The number of aliphatic hydroxyl groups is 1. The highest BCUT2D eigenvalue weighted by atomic mass is 16.3. The lowest BCUT2D eigenvalue weighted by molar-refractivity contribution is 0.0980.